The summed E-state index contributed by atoms with van der Waals surface area (Å²) >= 11 is 6.16. The summed E-state index contributed by atoms with van der Waals surface area (Å²) in [5.41, 5.74) is 0.543. The maximum absolute atomic E-state index is 13.7. The van der Waals surface area contributed by atoms with E-state index in [2.05, 4.69) is 5.32 Å². The fourth-order valence-corrected chi connectivity index (χ4v) is 6.08. The van der Waals surface area contributed by atoms with Gasteiger partial charge in [0, 0.05) is 35.8 Å². The molecule has 1 aromatic carbocycles. The zero-order chi connectivity index (χ0) is 22.2. The molecule has 2 aliphatic heterocycles. The first kappa shape index (κ1) is 21.7. The first-order valence-electron chi connectivity index (χ1n) is 12.2. The van der Waals surface area contributed by atoms with Gasteiger partial charge in [0.2, 0.25) is 11.8 Å². The van der Waals surface area contributed by atoms with E-state index in [1.165, 1.54) is 0 Å². The highest BCUT2D eigenvalue weighted by Gasteiger charge is 2.49. The Morgan fingerprint density at radius 3 is 2.59 bits per heavy atom. The lowest BCUT2D eigenvalue weighted by Crippen LogP contribution is -2.54. The molecule has 1 N–H and O–H groups in total. The number of fused-ring (bicyclic) bond motifs is 1. The Kier molecular flexibility index (Phi) is 6.15. The molecule has 0 bridgehead atoms. The molecule has 6 nitrogen and oxygen atoms in total. The molecule has 32 heavy (non-hydrogen) atoms. The Morgan fingerprint density at radius 1 is 1.00 bits per heavy atom. The van der Waals surface area contributed by atoms with Crippen LogP contribution in [0.1, 0.15) is 68.1 Å². The van der Waals surface area contributed by atoms with Crippen molar-refractivity contribution < 1.29 is 14.4 Å². The first-order chi connectivity index (χ1) is 15.5. The topological polar surface area (TPSA) is 69.7 Å². The van der Waals surface area contributed by atoms with E-state index in [1.54, 1.807) is 24.3 Å². The molecule has 4 atom stereocenters. The minimum Gasteiger partial charge on any atom is -0.353 e. The summed E-state index contributed by atoms with van der Waals surface area (Å²) in [7, 11) is 0. The van der Waals surface area contributed by atoms with Crippen molar-refractivity contribution in [2.45, 2.75) is 75.9 Å². The highest BCUT2D eigenvalue weighted by Crippen LogP contribution is 2.41. The standard InChI is InChI=1S/C25H32ClN3O3/c26-19-8-3-6-17(13-19)24(31)29-21-9-2-1-5-16(21)14-22(29)25(32)28-12-4-7-18(15-28)23(30)27-20-10-11-20/h3,6,8,13,16,18,20-22H,1-2,4-5,7,9-12,14-15H2,(H,27,30). The fourth-order valence-electron chi connectivity index (χ4n) is 5.89. The summed E-state index contributed by atoms with van der Waals surface area (Å²) in [6.45, 7) is 1.12. The molecule has 0 radical (unpaired) electrons. The monoisotopic (exact) mass is 457 g/mol. The number of nitrogens with zero attached hydrogens (tertiary/aromatic N) is 2. The molecular formula is C25H32ClN3O3. The number of hydrogen-bond acceptors (Lipinski definition) is 3. The van der Waals surface area contributed by atoms with Gasteiger partial charge in [-0.3, -0.25) is 14.4 Å². The third-order valence-corrected chi connectivity index (χ3v) is 7.94. The summed E-state index contributed by atoms with van der Waals surface area (Å²) in [5.74, 6) is 0.226. The van der Waals surface area contributed by atoms with Crippen molar-refractivity contribution in [2.75, 3.05) is 13.1 Å². The van der Waals surface area contributed by atoms with Crippen LogP contribution >= 0.6 is 11.6 Å². The lowest BCUT2D eigenvalue weighted by molar-refractivity contribution is -0.139. The van der Waals surface area contributed by atoms with E-state index < -0.39 is 6.04 Å². The van der Waals surface area contributed by atoms with Crippen LogP contribution in [0.4, 0.5) is 0 Å². The van der Waals surface area contributed by atoms with Crippen LogP contribution < -0.4 is 5.32 Å². The van der Waals surface area contributed by atoms with Crippen molar-refractivity contribution in [1.29, 1.82) is 0 Å². The lowest BCUT2D eigenvalue weighted by atomic mass is 9.84. The number of benzene rings is 1. The number of carbonyl (C=O) groups excluding carboxylic acids is 3. The highest BCUT2D eigenvalue weighted by atomic mass is 35.5. The molecule has 0 spiro atoms. The van der Waals surface area contributed by atoms with Gasteiger partial charge in [-0.15, -0.1) is 0 Å². The molecule has 1 aromatic rings. The highest BCUT2D eigenvalue weighted by molar-refractivity contribution is 6.31. The summed E-state index contributed by atoms with van der Waals surface area (Å²) in [5, 5.41) is 3.62. The molecule has 4 unspecified atom stereocenters. The molecule has 2 heterocycles. The largest absolute Gasteiger partial charge is 0.353 e. The first-order valence-corrected chi connectivity index (χ1v) is 12.6. The maximum Gasteiger partial charge on any atom is 0.254 e. The Hall–Kier alpha value is -2.08. The number of nitrogens with one attached hydrogen (secondary N) is 1. The number of carbonyl (C=O) groups is 3. The summed E-state index contributed by atoms with van der Waals surface area (Å²) in [4.78, 5) is 43.6. The molecule has 4 fully saturated rings. The third-order valence-electron chi connectivity index (χ3n) is 7.71. The van der Waals surface area contributed by atoms with Crippen LogP contribution in [-0.2, 0) is 9.59 Å². The minimum absolute atomic E-state index is 0.0127. The molecule has 5 rings (SSSR count). The number of likely N-dealkylation sites (tertiary alicyclic amines) is 2. The van der Waals surface area contributed by atoms with E-state index >= 15 is 0 Å². The zero-order valence-electron chi connectivity index (χ0n) is 18.5. The van der Waals surface area contributed by atoms with Gasteiger partial charge in [-0.05, 0) is 69.1 Å². The number of piperidine rings is 1. The van der Waals surface area contributed by atoms with Crippen LogP contribution in [-0.4, -0.2) is 58.7 Å². The van der Waals surface area contributed by atoms with Crippen molar-refractivity contribution >= 4 is 29.3 Å². The molecular weight excluding hydrogens is 426 g/mol. The second-order valence-electron chi connectivity index (χ2n) is 9.99. The van der Waals surface area contributed by atoms with Gasteiger partial charge in [0.05, 0.1) is 5.92 Å². The van der Waals surface area contributed by atoms with Crippen LogP contribution in [0.25, 0.3) is 0 Å². The second-order valence-corrected chi connectivity index (χ2v) is 10.4. The Balaban J connectivity index is 1.35. The van der Waals surface area contributed by atoms with Gasteiger partial charge in [-0.25, -0.2) is 0 Å². The number of amides is 3. The van der Waals surface area contributed by atoms with Crippen LogP contribution in [0.5, 0.6) is 0 Å². The van der Waals surface area contributed by atoms with Gasteiger partial charge in [-0.1, -0.05) is 30.5 Å². The lowest BCUT2D eigenvalue weighted by Gasteiger charge is -2.37. The number of halogens is 1. The van der Waals surface area contributed by atoms with Gasteiger partial charge in [-0.2, -0.15) is 0 Å². The van der Waals surface area contributed by atoms with Crippen LogP contribution in [0, 0.1) is 11.8 Å². The average Bonchev–Trinajstić information content (AvgIpc) is 3.54. The predicted molar refractivity (Wildman–Crippen MR) is 122 cm³/mol. The van der Waals surface area contributed by atoms with Crippen molar-refractivity contribution in [3.05, 3.63) is 34.9 Å². The van der Waals surface area contributed by atoms with Crippen molar-refractivity contribution in [3.8, 4) is 0 Å². The Morgan fingerprint density at radius 2 is 1.81 bits per heavy atom. The fraction of sp³-hybridized carbons (Fsp3) is 0.640. The summed E-state index contributed by atoms with van der Waals surface area (Å²) < 4.78 is 0. The predicted octanol–water partition coefficient (Wildman–Crippen LogP) is 3.63. The van der Waals surface area contributed by atoms with E-state index in [-0.39, 0.29) is 29.7 Å². The molecule has 7 heteroatoms. The van der Waals surface area contributed by atoms with Gasteiger partial charge in [0.25, 0.3) is 5.91 Å². The summed E-state index contributed by atoms with van der Waals surface area (Å²) in [6.07, 6.45) is 8.78. The maximum atomic E-state index is 13.7. The molecule has 3 amide bonds. The van der Waals surface area contributed by atoms with E-state index in [9.17, 15) is 14.4 Å². The van der Waals surface area contributed by atoms with Crippen LogP contribution in [0.2, 0.25) is 5.02 Å². The molecule has 2 aliphatic carbocycles. The average molecular weight is 458 g/mol. The SMILES string of the molecule is O=C(NC1CC1)C1CCCN(C(=O)C2CC3CCCCC3N2C(=O)c2cccc(Cl)c2)C1. The van der Waals surface area contributed by atoms with Gasteiger partial charge >= 0.3 is 0 Å². The molecule has 4 aliphatic rings. The number of rotatable bonds is 4. The van der Waals surface area contributed by atoms with Gasteiger partial charge < -0.3 is 15.1 Å². The van der Waals surface area contributed by atoms with Crippen LogP contribution in [0.3, 0.4) is 0 Å². The quantitative estimate of drug-likeness (QED) is 0.750. The summed E-state index contributed by atoms with van der Waals surface area (Å²) in [6, 6.07) is 7.02. The second kappa shape index (κ2) is 9.05. The van der Waals surface area contributed by atoms with Crippen LogP contribution in [0.15, 0.2) is 24.3 Å². The molecule has 172 valence electrons. The molecule has 0 aromatic heterocycles. The molecule has 2 saturated carbocycles. The Bertz CT molecular complexity index is 902. The third kappa shape index (κ3) is 4.39. The van der Waals surface area contributed by atoms with E-state index in [0.717, 1.165) is 57.8 Å². The van der Waals surface area contributed by atoms with E-state index in [1.807, 2.05) is 9.80 Å². The Labute approximate surface area is 194 Å². The van der Waals surface area contributed by atoms with E-state index in [0.29, 0.717) is 35.6 Å². The van der Waals surface area contributed by atoms with E-state index in [4.69, 9.17) is 11.6 Å². The zero-order valence-corrected chi connectivity index (χ0v) is 19.2. The normalized spacial score (nSPS) is 30.0. The number of hydrogen-bond donors (Lipinski definition) is 1. The van der Waals surface area contributed by atoms with Gasteiger partial charge in [0.15, 0.2) is 0 Å². The van der Waals surface area contributed by atoms with Crippen molar-refractivity contribution in [2.24, 2.45) is 11.8 Å². The minimum atomic E-state index is -0.445. The van der Waals surface area contributed by atoms with Crippen molar-refractivity contribution in [3.63, 3.8) is 0 Å². The van der Waals surface area contributed by atoms with Crippen molar-refractivity contribution in [1.82, 2.24) is 15.1 Å². The smallest absolute Gasteiger partial charge is 0.254 e. The molecule has 2 saturated heterocycles. The van der Waals surface area contributed by atoms with Gasteiger partial charge in [0.1, 0.15) is 6.04 Å².